The molecule has 30 heavy (non-hydrogen) atoms. The lowest BCUT2D eigenvalue weighted by atomic mass is 9.86. The summed E-state index contributed by atoms with van der Waals surface area (Å²) in [5.41, 5.74) is 1.14. The first kappa shape index (κ1) is 21.5. The van der Waals surface area contributed by atoms with Gasteiger partial charge >= 0.3 is 0 Å². The quantitative estimate of drug-likeness (QED) is 0.707. The Balaban J connectivity index is 1.24. The Labute approximate surface area is 185 Å². The van der Waals surface area contributed by atoms with Crippen LogP contribution >= 0.6 is 11.3 Å². The van der Waals surface area contributed by atoms with Crippen LogP contribution in [-0.2, 0) is 4.79 Å². The average molecular weight is 426 g/mol. The molecule has 1 aliphatic heterocycles. The summed E-state index contributed by atoms with van der Waals surface area (Å²) in [6.07, 6.45) is 6.08. The van der Waals surface area contributed by atoms with Crippen molar-refractivity contribution in [3.63, 3.8) is 0 Å². The number of carbonyl (C=O) groups is 1. The van der Waals surface area contributed by atoms with Crippen molar-refractivity contribution in [1.82, 2.24) is 15.1 Å². The van der Waals surface area contributed by atoms with Crippen LogP contribution in [0.4, 0.5) is 0 Å². The molecule has 1 aliphatic carbocycles. The summed E-state index contributed by atoms with van der Waals surface area (Å²) in [7, 11) is 0. The summed E-state index contributed by atoms with van der Waals surface area (Å²) in [6, 6.07) is 15.2. The number of hydrogen-bond donors (Lipinski definition) is 1. The normalized spacial score (nSPS) is 24.4. The smallest absolute Gasteiger partial charge is 0.222 e. The standard InChI is InChI=1S/C25H35N3OS/c1-20-9-11-22(12-10-20)28-17-15-27(16-18-28)14-13-24(29)26-25(23-8-5-19-30-23)21-6-3-2-4-7-21/h2-8,19-20,22,25H,9-18H2,1H3,(H,26,29). The molecule has 1 saturated heterocycles. The second-order valence-electron chi connectivity index (χ2n) is 8.97. The third-order valence-electron chi connectivity index (χ3n) is 6.83. The van der Waals surface area contributed by atoms with E-state index in [-0.39, 0.29) is 11.9 Å². The van der Waals surface area contributed by atoms with Gasteiger partial charge in [0.15, 0.2) is 0 Å². The van der Waals surface area contributed by atoms with E-state index in [0.29, 0.717) is 6.42 Å². The van der Waals surface area contributed by atoms with Crippen molar-refractivity contribution in [1.29, 1.82) is 0 Å². The molecule has 0 bridgehead atoms. The van der Waals surface area contributed by atoms with Crippen molar-refractivity contribution >= 4 is 17.2 Å². The molecule has 4 rings (SSSR count). The van der Waals surface area contributed by atoms with Crippen LogP contribution in [0.5, 0.6) is 0 Å². The molecule has 1 aromatic carbocycles. The molecule has 1 atom stereocenters. The second kappa shape index (κ2) is 10.6. The minimum Gasteiger partial charge on any atom is -0.344 e. The van der Waals surface area contributed by atoms with E-state index in [2.05, 4.69) is 51.7 Å². The third-order valence-corrected chi connectivity index (χ3v) is 7.77. The number of thiophene rings is 1. The van der Waals surface area contributed by atoms with Crippen LogP contribution in [0, 0.1) is 5.92 Å². The Morgan fingerprint density at radius 3 is 2.43 bits per heavy atom. The zero-order valence-corrected chi connectivity index (χ0v) is 18.9. The molecule has 2 aromatic rings. The number of nitrogens with zero attached hydrogens (tertiary/aromatic N) is 2. The zero-order valence-electron chi connectivity index (χ0n) is 18.1. The Kier molecular flexibility index (Phi) is 7.58. The summed E-state index contributed by atoms with van der Waals surface area (Å²) >= 11 is 1.70. The minimum atomic E-state index is -0.0516. The predicted molar refractivity (Wildman–Crippen MR) is 125 cm³/mol. The van der Waals surface area contributed by atoms with Crippen LogP contribution in [0.25, 0.3) is 0 Å². The molecule has 1 N–H and O–H groups in total. The number of amides is 1. The maximum atomic E-state index is 12.8. The number of rotatable bonds is 7. The van der Waals surface area contributed by atoms with E-state index in [0.717, 1.165) is 50.2 Å². The summed E-state index contributed by atoms with van der Waals surface area (Å²) in [6.45, 7) is 7.73. The topological polar surface area (TPSA) is 35.6 Å². The molecule has 5 heteroatoms. The van der Waals surface area contributed by atoms with Gasteiger partial charge < -0.3 is 10.2 Å². The molecule has 1 unspecified atom stereocenters. The number of benzene rings is 1. The lowest BCUT2D eigenvalue weighted by molar-refractivity contribution is -0.122. The van der Waals surface area contributed by atoms with E-state index in [1.807, 2.05) is 18.2 Å². The maximum absolute atomic E-state index is 12.8. The minimum absolute atomic E-state index is 0.0516. The van der Waals surface area contributed by atoms with E-state index >= 15 is 0 Å². The predicted octanol–water partition coefficient (Wildman–Crippen LogP) is 4.54. The fraction of sp³-hybridized carbons (Fsp3) is 0.560. The van der Waals surface area contributed by atoms with Crippen molar-refractivity contribution in [2.45, 2.75) is 51.1 Å². The van der Waals surface area contributed by atoms with Gasteiger partial charge in [-0.15, -0.1) is 11.3 Å². The highest BCUT2D eigenvalue weighted by Gasteiger charge is 2.27. The van der Waals surface area contributed by atoms with Gasteiger partial charge in [0.1, 0.15) is 0 Å². The van der Waals surface area contributed by atoms with Gasteiger partial charge in [0.2, 0.25) is 5.91 Å². The van der Waals surface area contributed by atoms with Gasteiger partial charge in [-0.3, -0.25) is 9.69 Å². The van der Waals surface area contributed by atoms with Crippen molar-refractivity contribution in [3.8, 4) is 0 Å². The van der Waals surface area contributed by atoms with Crippen molar-refractivity contribution in [3.05, 3.63) is 58.3 Å². The lowest BCUT2D eigenvalue weighted by Crippen LogP contribution is -2.51. The van der Waals surface area contributed by atoms with Gasteiger partial charge in [-0.2, -0.15) is 0 Å². The van der Waals surface area contributed by atoms with Gasteiger partial charge in [0.05, 0.1) is 6.04 Å². The van der Waals surface area contributed by atoms with Crippen LogP contribution in [0.2, 0.25) is 0 Å². The fourth-order valence-corrected chi connectivity index (χ4v) is 5.67. The van der Waals surface area contributed by atoms with Crippen molar-refractivity contribution in [2.75, 3.05) is 32.7 Å². The zero-order chi connectivity index (χ0) is 20.8. The van der Waals surface area contributed by atoms with E-state index < -0.39 is 0 Å². The lowest BCUT2D eigenvalue weighted by Gasteiger charge is -2.41. The molecular weight excluding hydrogens is 390 g/mol. The number of nitrogens with one attached hydrogen (secondary N) is 1. The number of piperazine rings is 1. The first-order valence-electron chi connectivity index (χ1n) is 11.5. The van der Waals surface area contributed by atoms with E-state index in [1.54, 1.807) is 11.3 Å². The van der Waals surface area contributed by atoms with Gasteiger partial charge in [-0.1, -0.05) is 43.3 Å². The fourth-order valence-electron chi connectivity index (χ4n) is 4.87. The Morgan fingerprint density at radius 1 is 1.03 bits per heavy atom. The molecule has 0 radical (unpaired) electrons. The highest BCUT2D eigenvalue weighted by Crippen LogP contribution is 2.28. The average Bonchev–Trinajstić information content (AvgIpc) is 3.32. The third kappa shape index (κ3) is 5.71. The molecule has 1 amide bonds. The highest BCUT2D eigenvalue weighted by molar-refractivity contribution is 7.10. The molecule has 2 aliphatic rings. The van der Waals surface area contributed by atoms with Gasteiger partial charge in [-0.05, 0) is 48.6 Å². The van der Waals surface area contributed by atoms with Crippen LogP contribution in [0.1, 0.15) is 55.5 Å². The van der Waals surface area contributed by atoms with Gasteiger partial charge in [-0.25, -0.2) is 0 Å². The number of hydrogen-bond acceptors (Lipinski definition) is 4. The first-order chi connectivity index (χ1) is 14.7. The molecular formula is C25H35N3OS. The molecule has 2 fully saturated rings. The molecule has 4 nitrogen and oxygen atoms in total. The van der Waals surface area contributed by atoms with Crippen LogP contribution in [0.15, 0.2) is 47.8 Å². The summed E-state index contributed by atoms with van der Waals surface area (Å²) in [4.78, 5) is 19.1. The van der Waals surface area contributed by atoms with Crippen LogP contribution in [-0.4, -0.2) is 54.5 Å². The van der Waals surface area contributed by atoms with E-state index in [4.69, 9.17) is 0 Å². The van der Waals surface area contributed by atoms with Crippen molar-refractivity contribution in [2.24, 2.45) is 5.92 Å². The Morgan fingerprint density at radius 2 is 1.77 bits per heavy atom. The largest absolute Gasteiger partial charge is 0.344 e. The molecule has 162 valence electrons. The summed E-state index contributed by atoms with van der Waals surface area (Å²) in [5, 5.41) is 5.35. The van der Waals surface area contributed by atoms with Gasteiger partial charge in [0.25, 0.3) is 0 Å². The van der Waals surface area contributed by atoms with E-state index in [1.165, 1.54) is 30.6 Å². The Hall–Kier alpha value is -1.69. The number of carbonyl (C=O) groups excluding carboxylic acids is 1. The van der Waals surface area contributed by atoms with Gasteiger partial charge in [0, 0.05) is 50.1 Å². The highest BCUT2D eigenvalue weighted by atomic mass is 32.1. The maximum Gasteiger partial charge on any atom is 0.222 e. The first-order valence-corrected chi connectivity index (χ1v) is 12.4. The monoisotopic (exact) mass is 425 g/mol. The van der Waals surface area contributed by atoms with Crippen LogP contribution < -0.4 is 5.32 Å². The second-order valence-corrected chi connectivity index (χ2v) is 9.95. The molecule has 2 heterocycles. The summed E-state index contributed by atoms with van der Waals surface area (Å²) in [5.74, 6) is 1.05. The van der Waals surface area contributed by atoms with E-state index in [9.17, 15) is 4.79 Å². The summed E-state index contributed by atoms with van der Waals surface area (Å²) < 4.78 is 0. The van der Waals surface area contributed by atoms with Crippen molar-refractivity contribution < 1.29 is 4.79 Å². The molecule has 1 saturated carbocycles. The SMILES string of the molecule is CC1CCC(N2CCN(CCC(=O)NC(c3ccccc3)c3cccs3)CC2)CC1. The Bertz CT molecular complexity index is 763. The van der Waals surface area contributed by atoms with Crippen LogP contribution in [0.3, 0.4) is 0 Å². The molecule has 1 aromatic heterocycles. The molecule has 0 spiro atoms.